The molecule has 0 aliphatic carbocycles. The lowest BCUT2D eigenvalue weighted by Gasteiger charge is -1.82. The van der Waals surface area contributed by atoms with Crippen molar-refractivity contribution in [2.75, 3.05) is 6.61 Å². The smallest absolute Gasteiger partial charge is 0.0700 e. The average Bonchev–Trinajstić information content (AvgIpc) is 1.61. The van der Waals surface area contributed by atoms with Crippen LogP contribution >= 0.6 is 0 Å². The van der Waals surface area contributed by atoms with Gasteiger partial charge in [-0.2, -0.15) is 5.26 Å². The predicted molar refractivity (Wildman–Crippen MR) is 21.5 cm³/mol. The normalized spacial score (nSPS) is 7.33. The molecule has 0 N–H and O–H groups in total. The van der Waals surface area contributed by atoms with Gasteiger partial charge in [-0.1, -0.05) is 0 Å². The summed E-state index contributed by atoms with van der Waals surface area (Å²) in [5.41, 5.74) is 0. The minimum atomic E-state index is 0.434. The molecule has 0 saturated carbocycles. The highest BCUT2D eigenvalue weighted by Crippen LogP contribution is 1.73. The average molecular weight is 84.1 g/mol. The van der Waals surface area contributed by atoms with Crippen molar-refractivity contribution in [2.24, 2.45) is 0 Å². The minimum Gasteiger partial charge on any atom is -0.378 e. The van der Waals surface area contributed by atoms with E-state index in [4.69, 9.17) is 5.26 Å². The summed E-state index contributed by atoms with van der Waals surface area (Å²) in [5, 5.41) is 7.84. The second-order valence-electron chi connectivity index (χ2n) is 0.816. The molecule has 0 unspecified atom stereocenters. The zero-order valence-corrected chi connectivity index (χ0v) is 3.48. The molecule has 2 heteroatoms. The second kappa shape index (κ2) is 4.45. The third-order valence-corrected chi connectivity index (χ3v) is 0.358. The molecule has 2 nitrogen and oxygen atoms in total. The van der Waals surface area contributed by atoms with Gasteiger partial charge in [0.05, 0.1) is 26.2 Å². The first-order valence-corrected chi connectivity index (χ1v) is 1.65. The fraction of sp³-hybridized carbons (Fsp3) is 0.500. The van der Waals surface area contributed by atoms with Gasteiger partial charge in [0.25, 0.3) is 0 Å². The van der Waals surface area contributed by atoms with Crippen LogP contribution in [-0.2, 0) is 4.74 Å². The molecule has 0 amide bonds. The zero-order valence-electron chi connectivity index (χ0n) is 3.48. The number of hydrogen-bond acceptors (Lipinski definition) is 2. The molecule has 0 fully saturated rings. The van der Waals surface area contributed by atoms with Gasteiger partial charge in [-0.05, 0) is 0 Å². The van der Waals surface area contributed by atoms with Gasteiger partial charge in [-0.3, -0.25) is 0 Å². The molecule has 6 heavy (non-hydrogen) atoms. The van der Waals surface area contributed by atoms with Crippen molar-refractivity contribution >= 4 is 0 Å². The van der Waals surface area contributed by atoms with Crippen molar-refractivity contribution in [2.45, 2.75) is 6.42 Å². The number of ether oxygens (including phenoxy) is 1. The Morgan fingerprint density at radius 2 is 2.50 bits per heavy atom. The summed E-state index contributed by atoms with van der Waals surface area (Å²) in [4.78, 5) is 0. The van der Waals surface area contributed by atoms with Gasteiger partial charge >= 0.3 is 0 Å². The third-order valence-electron chi connectivity index (χ3n) is 0.358. The van der Waals surface area contributed by atoms with E-state index in [0.29, 0.717) is 13.0 Å². The van der Waals surface area contributed by atoms with Crippen LogP contribution in [0.1, 0.15) is 6.42 Å². The second-order valence-corrected chi connectivity index (χ2v) is 0.816. The van der Waals surface area contributed by atoms with Crippen LogP contribution in [0.25, 0.3) is 0 Å². The monoisotopic (exact) mass is 84.0 g/mol. The Bertz CT molecular complexity index is 55.1. The van der Waals surface area contributed by atoms with Crippen molar-refractivity contribution in [3.63, 3.8) is 0 Å². The molecule has 0 aromatic carbocycles. The van der Waals surface area contributed by atoms with Crippen LogP contribution in [0.2, 0.25) is 0 Å². The van der Waals surface area contributed by atoms with E-state index >= 15 is 0 Å². The quantitative estimate of drug-likeness (QED) is 0.461. The van der Waals surface area contributed by atoms with Crippen molar-refractivity contribution < 1.29 is 4.74 Å². The van der Waals surface area contributed by atoms with Crippen LogP contribution in [0.5, 0.6) is 0 Å². The third kappa shape index (κ3) is 3.45. The molecular formula is C4H6NO. The Kier molecular flexibility index (Phi) is 4.04. The van der Waals surface area contributed by atoms with Crippen LogP contribution in [-0.4, -0.2) is 6.61 Å². The number of hydrogen-bond donors (Lipinski definition) is 0. The number of rotatable bonds is 2. The lowest BCUT2D eigenvalue weighted by molar-refractivity contribution is 0.250. The molecule has 0 heterocycles. The number of nitrogens with zero attached hydrogens (tertiary/aromatic N) is 1. The molecule has 0 rings (SSSR count). The number of nitriles is 1. The highest BCUT2D eigenvalue weighted by molar-refractivity contribution is 4.66. The van der Waals surface area contributed by atoms with Gasteiger partial charge in [-0.15, -0.1) is 0 Å². The van der Waals surface area contributed by atoms with Gasteiger partial charge < -0.3 is 4.74 Å². The first-order valence-electron chi connectivity index (χ1n) is 1.65. The van der Waals surface area contributed by atoms with Crippen molar-refractivity contribution in [3.05, 3.63) is 7.11 Å². The summed E-state index contributed by atoms with van der Waals surface area (Å²) in [7, 11) is 3.07. The topological polar surface area (TPSA) is 33.0 Å². The van der Waals surface area contributed by atoms with E-state index in [1.807, 2.05) is 6.07 Å². The van der Waals surface area contributed by atoms with Gasteiger partial charge in [0.15, 0.2) is 0 Å². The van der Waals surface area contributed by atoms with Crippen LogP contribution in [0.4, 0.5) is 0 Å². The van der Waals surface area contributed by atoms with E-state index in [9.17, 15) is 0 Å². The molecular weight excluding hydrogens is 78.0 g/mol. The molecule has 0 aliphatic rings. The Balaban J connectivity index is 2.54. The van der Waals surface area contributed by atoms with Crippen molar-refractivity contribution in [3.8, 4) is 6.07 Å². The molecule has 0 aliphatic heterocycles. The van der Waals surface area contributed by atoms with E-state index < -0.39 is 0 Å². The summed E-state index contributed by atoms with van der Waals surface area (Å²) >= 11 is 0. The maximum Gasteiger partial charge on any atom is 0.0700 e. The zero-order chi connectivity index (χ0) is 4.83. The molecule has 0 spiro atoms. The summed E-state index contributed by atoms with van der Waals surface area (Å²) in [5.74, 6) is 0. The van der Waals surface area contributed by atoms with Crippen molar-refractivity contribution in [1.82, 2.24) is 0 Å². The Labute approximate surface area is 37.3 Å². The summed E-state index contributed by atoms with van der Waals surface area (Å²) in [6.07, 6.45) is 0.434. The van der Waals surface area contributed by atoms with Crippen LogP contribution < -0.4 is 0 Å². The van der Waals surface area contributed by atoms with Gasteiger partial charge in [-0.25, -0.2) is 0 Å². The van der Waals surface area contributed by atoms with Crippen LogP contribution in [0, 0.1) is 18.4 Å². The molecule has 0 atom stereocenters. The largest absolute Gasteiger partial charge is 0.378 e. The summed E-state index contributed by atoms with van der Waals surface area (Å²) in [6, 6.07) is 1.90. The molecule has 0 bridgehead atoms. The maximum atomic E-state index is 7.84. The highest BCUT2D eigenvalue weighted by Gasteiger charge is 1.73. The summed E-state index contributed by atoms with van der Waals surface area (Å²) in [6.45, 7) is 0.441. The molecule has 1 radical (unpaired) electrons. The van der Waals surface area contributed by atoms with Crippen molar-refractivity contribution in [1.29, 1.82) is 5.26 Å². The Hall–Kier alpha value is -0.550. The van der Waals surface area contributed by atoms with E-state index in [2.05, 4.69) is 11.8 Å². The summed E-state index contributed by atoms with van der Waals surface area (Å²) < 4.78 is 4.31. The standard InChI is InChI=1S/C4H6NO/c1-6-4-2-3-5/h1-2,4H2. The van der Waals surface area contributed by atoms with Crippen LogP contribution in [0.3, 0.4) is 0 Å². The predicted octanol–water partition coefficient (Wildman–Crippen LogP) is 0.708. The van der Waals surface area contributed by atoms with Gasteiger partial charge in [0.2, 0.25) is 0 Å². The first-order chi connectivity index (χ1) is 2.91. The van der Waals surface area contributed by atoms with Gasteiger partial charge in [0, 0.05) is 0 Å². The molecule has 0 saturated heterocycles. The van der Waals surface area contributed by atoms with E-state index in [1.54, 1.807) is 0 Å². The fourth-order valence-electron chi connectivity index (χ4n) is 0.118. The van der Waals surface area contributed by atoms with Gasteiger partial charge in [0.1, 0.15) is 0 Å². The Morgan fingerprint density at radius 3 is 2.67 bits per heavy atom. The van der Waals surface area contributed by atoms with E-state index in [1.165, 1.54) is 0 Å². The maximum absolute atomic E-state index is 7.84. The lowest BCUT2D eigenvalue weighted by Crippen LogP contribution is -1.80. The lowest BCUT2D eigenvalue weighted by atomic mass is 10.5. The molecule has 33 valence electrons. The van der Waals surface area contributed by atoms with E-state index in [0.717, 1.165) is 0 Å². The minimum absolute atomic E-state index is 0.434. The van der Waals surface area contributed by atoms with E-state index in [-0.39, 0.29) is 0 Å². The fourth-order valence-corrected chi connectivity index (χ4v) is 0.118. The molecule has 0 aromatic rings. The first kappa shape index (κ1) is 5.45. The van der Waals surface area contributed by atoms with Crippen LogP contribution in [0.15, 0.2) is 0 Å². The highest BCUT2D eigenvalue weighted by atomic mass is 16.5. The Morgan fingerprint density at radius 1 is 1.83 bits per heavy atom. The SMILES string of the molecule is [CH2]OCCC#N. The molecule has 0 aromatic heterocycles.